The van der Waals surface area contributed by atoms with Crippen molar-refractivity contribution in [3.05, 3.63) is 0 Å². The topological polar surface area (TPSA) is 108 Å². The molecule has 4 saturated carbocycles. The molecule has 4 aliphatic rings. The van der Waals surface area contributed by atoms with Crippen molar-refractivity contribution in [3.8, 4) is 0 Å². The van der Waals surface area contributed by atoms with Gasteiger partial charge in [-0.2, -0.15) is 0 Å². The lowest BCUT2D eigenvalue weighted by molar-refractivity contribution is -0.162. The number of amides is 1. The van der Waals surface area contributed by atoms with E-state index in [-0.39, 0.29) is 12.3 Å². The minimum atomic E-state index is -1.29. The third-order valence-electron chi connectivity index (χ3n) is 6.78. The molecule has 28 heavy (non-hydrogen) atoms. The van der Waals surface area contributed by atoms with E-state index < -0.39 is 35.3 Å². The Balaban J connectivity index is 1.81. The van der Waals surface area contributed by atoms with Crippen LogP contribution >= 0.6 is 0 Å². The van der Waals surface area contributed by atoms with Crippen molar-refractivity contribution in [3.63, 3.8) is 0 Å². The summed E-state index contributed by atoms with van der Waals surface area (Å²) in [5.41, 5.74) is -0.493. The number of hydrogen-bond acceptors (Lipinski definition) is 7. The molecular weight excluding hydrogens is 366 g/mol. The zero-order valence-electron chi connectivity index (χ0n) is 16.7. The van der Waals surface area contributed by atoms with E-state index in [0.717, 1.165) is 19.3 Å². The first-order valence-corrected chi connectivity index (χ1v) is 9.85. The monoisotopic (exact) mass is 395 g/mol. The Morgan fingerprint density at radius 2 is 1.36 bits per heavy atom. The highest BCUT2D eigenvalue weighted by atomic mass is 16.5. The summed E-state index contributed by atoms with van der Waals surface area (Å²) in [6.45, 7) is 0. The summed E-state index contributed by atoms with van der Waals surface area (Å²) < 4.78 is 14.2. The van der Waals surface area contributed by atoms with Crippen LogP contribution in [0.4, 0.5) is 0 Å². The molecule has 0 heterocycles. The third-order valence-corrected chi connectivity index (χ3v) is 6.78. The van der Waals surface area contributed by atoms with Gasteiger partial charge in [0.05, 0.1) is 33.7 Å². The molecular formula is C20H29NO7. The molecule has 4 bridgehead atoms. The fourth-order valence-electron chi connectivity index (χ4n) is 5.89. The second-order valence-corrected chi connectivity index (χ2v) is 8.58. The summed E-state index contributed by atoms with van der Waals surface area (Å²) in [5.74, 6) is -1.99. The van der Waals surface area contributed by atoms with E-state index in [1.807, 2.05) is 0 Å². The summed E-state index contributed by atoms with van der Waals surface area (Å²) in [7, 11) is 3.54. The maximum Gasteiger partial charge on any atom is 0.329 e. The Hall–Kier alpha value is -2.12. The summed E-state index contributed by atoms with van der Waals surface area (Å²) in [4.78, 5) is 49.8. The molecule has 156 valence electrons. The molecule has 0 spiro atoms. The van der Waals surface area contributed by atoms with Crippen molar-refractivity contribution in [2.24, 2.45) is 29.1 Å². The lowest BCUT2D eigenvalue weighted by Gasteiger charge is -2.55. The van der Waals surface area contributed by atoms with E-state index in [4.69, 9.17) is 9.47 Å². The Bertz CT molecular complexity index is 624. The summed E-state index contributed by atoms with van der Waals surface area (Å²) >= 11 is 0. The first-order chi connectivity index (χ1) is 13.3. The van der Waals surface area contributed by atoms with Crippen LogP contribution in [0.3, 0.4) is 0 Å². The average Bonchev–Trinajstić information content (AvgIpc) is 2.67. The molecule has 0 aromatic heterocycles. The summed E-state index contributed by atoms with van der Waals surface area (Å²) in [6.07, 6.45) is 5.61. The highest BCUT2D eigenvalue weighted by Crippen LogP contribution is 2.60. The van der Waals surface area contributed by atoms with Crippen molar-refractivity contribution < 1.29 is 33.4 Å². The highest BCUT2D eigenvalue weighted by Gasteiger charge is 2.55. The first kappa shape index (κ1) is 20.6. The zero-order valence-corrected chi connectivity index (χ0v) is 16.7. The number of ether oxygens (including phenoxy) is 3. The minimum Gasteiger partial charge on any atom is -0.469 e. The zero-order chi connectivity index (χ0) is 20.5. The number of hydrogen-bond donors (Lipinski definition) is 1. The molecule has 0 aliphatic heterocycles. The molecule has 0 aromatic carbocycles. The van der Waals surface area contributed by atoms with E-state index in [2.05, 4.69) is 10.1 Å². The van der Waals surface area contributed by atoms with E-state index in [1.54, 1.807) is 0 Å². The number of esters is 3. The first-order valence-electron chi connectivity index (χ1n) is 9.85. The molecule has 1 N–H and O–H groups in total. The second-order valence-electron chi connectivity index (χ2n) is 8.58. The van der Waals surface area contributed by atoms with E-state index in [0.29, 0.717) is 17.8 Å². The minimum absolute atomic E-state index is 0.222. The van der Waals surface area contributed by atoms with Crippen LogP contribution in [-0.4, -0.2) is 51.2 Å². The van der Waals surface area contributed by atoms with E-state index >= 15 is 0 Å². The largest absolute Gasteiger partial charge is 0.469 e. The van der Waals surface area contributed by atoms with Gasteiger partial charge in [0, 0.05) is 5.41 Å². The molecule has 4 fully saturated rings. The van der Waals surface area contributed by atoms with Gasteiger partial charge in [0.2, 0.25) is 5.91 Å². The van der Waals surface area contributed by atoms with Gasteiger partial charge in [0.15, 0.2) is 0 Å². The summed E-state index contributed by atoms with van der Waals surface area (Å²) in [6, 6.07) is -1.29. The Kier molecular flexibility index (Phi) is 5.95. The molecule has 2 atom stereocenters. The average molecular weight is 395 g/mol. The van der Waals surface area contributed by atoms with Crippen LogP contribution in [0.25, 0.3) is 0 Å². The van der Waals surface area contributed by atoms with Crippen molar-refractivity contribution in [1.82, 2.24) is 5.32 Å². The molecule has 0 aromatic rings. The van der Waals surface area contributed by atoms with Gasteiger partial charge in [-0.05, 0) is 56.3 Å². The van der Waals surface area contributed by atoms with Gasteiger partial charge in [0.25, 0.3) is 0 Å². The number of carbonyl (C=O) groups excluding carboxylic acids is 4. The Labute approximate surface area is 164 Å². The third kappa shape index (κ3) is 3.86. The number of nitrogens with one attached hydrogen (secondary N) is 1. The molecule has 1 amide bonds. The molecule has 0 radical (unpaired) electrons. The predicted octanol–water partition coefficient (Wildman–Crippen LogP) is 1.21. The lowest BCUT2D eigenvalue weighted by Crippen LogP contribution is -2.58. The van der Waals surface area contributed by atoms with Crippen LogP contribution in [0.1, 0.15) is 44.9 Å². The molecule has 0 saturated heterocycles. The van der Waals surface area contributed by atoms with Gasteiger partial charge < -0.3 is 19.5 Å². The normalized spacial score (nSPS) is 32.2. The van der Waals surface area contributed by atoms with Crippen molar-refractivity contribution >= 4 is 23.8 Å². The van der Waals surface area contributed by atoms with E-state index in [1.165, 1.54) is 40.6 Å². The SMILES string of the molecule is COC(=O)C[C@@H](C(=O)OC)[C@@H](NC(=O)C12CC3CC(CC(C3)C1)C2)C(=O)OC. The maximum atomic E-state index is 13.3. The van der Waals surface area contributed by atoms with Gasteiger partial charge in [-0.3, -0.25) is 14.4 Å². The molecule has 8 heteroatoms. The molecule has 8 nitrogen and oxygen atoms in total. The molecule has 4 rings (SSSR count). The van der Waals surface area contributed by atoms with Gasteiger partial charge in [-0.15, -0.1) is 0 Å². The number of rotatable bonds is 7. The van der Waals surface area contributed by atoms with Crippen molar-refractivity contribution in [1.29, 1.82) is 0 Å². The second kappa shape index (κ2) is 8.09. The highest BCUT2D eigenvalue weighted by molar-refractivity contribution is 5.93. The Morgan fingerprint density at radius 1 is 0.857 bits per heavy atom. The van der Waals surface area contributed by atoms with Crippen LogP contribution in [0.15, 0.2) is 0 Å². The quantitative estimate of drug-likeness (QED) is 0.510. The predicted molar refractivity (Wildman–Crippen MR) is 96.7 cm³/mol. The molecule has 0 unspecified atom stereocenters. The number of methoxy groups -OCH3 is 3. The summed E-state index contributed by atoms with van der Waals surface area (Å²) in [5, 5.41) is 2.75. The standard InChI is InChI=1S/C20H29NO7/c1-26-15(22)7-14(17(23)27-2)16(18(24)28-3)21-19(25)20-8-11-4-12(9-20)6-13(5-11)10-20/h11-14,16H,4-10H2,1-3H3,(H,21,25)/t11?,12?,13?,14-,16-,20?/m1/s1. The van der Waals surface area contributed by atoms with Gasteiger partial charge >= 0.3 is 17.9 Å². The number of carbonyl (C=O) groups is 4. The maximum absolute atomic E-state index is 13.3. The Morgan fingerprint density at radius 3 is 1.79 bits per heavy atom. The van der Waals surface area contributed by atoms with Gasteiger partial charge in [-0.1, -0.05) is 0 Å². The van der Waals surface area contributed by atoms with Crippen molar-refractivity contribution in [2.75, 3.05) is 21.3 Å². The fraction of sp³-hybridized carbons (Fsp3) is 0.800. The van der Waals surface area contributed by atoms with Crippen molar-refractivity contribution in [2.45, 2.75) is 51.0 Å². The lowest BCUT2D eigenvalue weighted by atomic mass is 9.49. The van der Waals surface area contributed by atoms with Crippen LogP contribution in [0.2, 0.25) is 0 Å². The van der Waals surface area contributed by atoms with Gasteiger partial charge in [0.1, 0.15) is 6.04 Å². The smallest absolute Gasteiger partial charge is 0.329 e. The van der Waals surface area contributed by atoms with Crippen LogP contribution in [0, 0.1) is 29.1 Å². The van der Waals surface area contributed by atoms with Crippen LogP contribution < -0.4 is 5.32 Å². The van der Waals surface area contributed by atoms with Gasteiger partial charge in [-0.25, -0.2) is 4.79 Å². The van der Waals surface area contributed by atoms with Crippen LogP contribution in [0.5, 0.6) is 0 Å². The van der Waals surface area contributed by atoms with Crippen LogP contribution in [-0.2, 0) is 33.4 Å². The van der Waals surface area contributed by atoms with E-state index in [9.17, 15) is 19.2 Å². The molecule has 4 aliphatic carbocycles. The fourth-order valence-corrected chi connectivity index (χ4v) is 5.89.